The molecule has 5 aromatic rings. The molecule has 1 atom stereocenters. The largest absolute Gasteiger partial charge is 0.372 e. The molecule has 1 aromatic heterocycles. The van der Waals surface area contributed by atoms with E-state index in [1.54, 1.807) is 27.8 Å². The number of carbonyl (C=O) groups excluding carboxylic acids is 1. The number of hydrogen-bond acceptors (Lipinski definition) is 3. The number of halogens is 1. The summed E-state index contributed by atoms with van der Waals surface area (Å²) in [6.45, 7) is 0. The van der Waals surface area contributed by atoms with E-state index in [1.807, 2.05) is 91.0 Å². The Morgan fingerprint density at radius 3 is 1.75 bits per heavy atom. The van der Waals surface area contributed by atoms with Gasteiger partial charge in [0.25, 0.3) is 5.91 Å². The Kier molecular flexibility index (Phi) is 5.32. The number of anilines is 1. The third-order valence-corrected chi connectivity index (χ3v) is 7.63. The maximum atomic E-state index is 14.6. The topological polar surface area (TPSA) is 40.5 Å². The second-order valence-corrected chi connectivity index (χ2v) is 9.61. The van der Waals surface area contributed by atoms with Gasteiger partial charge in [-0.05, 0) is 51.7 Å². The van der Waals surface area contributed by atoms with Gasteiger partial charge in [0.15, 0.2) is 5.60 Å². The Balaban J connectivity index is 1.76. The molecule has 1 aliphatic rings. The van der Waals surface area contributed by atoms with Crippen molar-refractivity contribution >= 4 is 22.9 Å². The number of fused-ring (bicyclic) bond motifs is 1. The molecule has 0 saturated carbocycles. The van der Waals surface area contributed by atoms with Gasteiger partial charge < -0.3 is 5.11 Å². The van der Waals surface area contributed by atoms with Crippen molar-refractivity contribution in [3.8, 4) is 0 Å². The smallest absolute Gasteiger partial charge is 0.269 e. The third kappa shape index (κ3) is 3.10. The number of benzene rings is 4. The molecule has 4 aromatic carbocycles. The van der Waals surface area contributed by atoms with Gasteiger partial charge in [0.05, 0.1) is 5.69 Å². The Labute approximate surface area is 212 Å². The van der Waals surface area contributed by atoms with E-state index in [0.29, 0.717) is 11.3 Å². The van der Waals surface area contributed by atoms with Crippen molar-refractivity contribution in [2.24, 2.45) is 0 Å². The van der Waals surface area contributed by atoms with Crippen LogP contribution in [0.1, 0.15) is 27.8 Å². The van der Waals surface area contributed by atoms with Crippen molar-refractivity contribution in [3.05, 3.63) is 160 Å². The summed E-state index contributed by atoms with van der Waals surface area (Å²) in [6, 6.07) is 35.3. The van der Waals surface area contributed by atoms with Gasteiger partial charge in [0, 0.05) is 11.1 Å². The van der Waals surface area contributed by atoms with Gasteiger partial charge in [-0.15, -0.1) is 0 Å². The minimum absolute atomic E-state index is 0.234. The lowest BCUT2D eigenvalue weighted by Gasteiger charge is -2.44. The first kappa shape index (κ1) is 22.4. The molecule has 1 amide bonds. The highest BCUT2D eigenvalue weighted by Crippen LogP contribution is 2.54. The molecule has 6 rings (SSSR count). The van der Waals surface area contributed by atoms with Crippen molar-refractivity contribution < 1.29 is 14.3 Å². The number of thiophene rings is 1. The van der Waals surface area contributed by atoms with E-state index in [2.05, 4.69) is 0 Å². The van der Waals surface area contributed by atoms with E-state index >= 15 is 0 Å². The van der Waals surface area contributed by atoms with Crippen LogP contribution in [0.3, 0.4) is 0 Å². The highest BCUT2D eigenvalue weighted by Gasteiger charge is 2.59. The van der Waals surface area contributed by atoms with Crippen LogP contribution < -0.4 is 4.90 Å². The standard InChI is InChI=1S/C31H22FNO2S/c32-26-16-17-28-27(20-26)31(35,25-18-19-36-21-25)29(34)33(28)30(22-10-4-1-5-11-22,23-12-6-2-7-13-23)24-14-8-3-9-15-24/h1-21,35H/t31-/m1/s1. The van der Waals surface area contributed by atoms with Gasteiger partial charge in [-0.2, -0.15) is 11.3 Å². The fourth-order valence-corrected chi connectivity index (χ4v) is 6.09. The fraction of sp³-hybridized carbons (Fsp3) is 0.0645. The van der Waals surface area contributed by atoms with E-state index in [1.165, 1.54) is 23.5 Å². The van der Waals surface area contributed by atoms with Crippen molar-refractivity contribution in [2.45, 2.75) is 11.1 Å². The molecule has 0 fully saturated rings. The Hall–Kier alpha value is -4.06. The van der Waals surface area contributed by atoms with Crippen molar-refractivity contribution in [3.63, 3.8) is 0 Å². The van der Waals surface area contributed by atoms with Crippen LogP contribution in [0.5, 0.6) is 0 Å². The second-order valence-electron chi connectivity index (χ2n) is 8.83. The summed E-state index contributed by atoms with van der Waals surface area (Å²) in [5, 5.41) is 15.7. The molecular weight excluding hydrogens is 469 g/mol. The lowest BCUT2D eigenvalue weighted by Crippen LogP contribution is -2.53. The zero-order chi connectivity index (χ0) is 24.8. The summed E-state index contributed by atoms with van der Waals surface area (Å²) in [4.78, 5) is 16.3. The molecule has 176 valence electrons. The van der Waals surface area contributed by atoms with E-state index in [0.717, 1.165) is 16.7 Å². The molecule has 1 N–H and O–H groups in total. The van der Waals surface area contributed by atoms with E-state index in [-0.39, 0.29) is 5.56 Å². The summed E-state index contributed by atoms with van der Waals surface area (Å²) in [6.07, 6.45) is 0. The zero-order valence-electron chi connectivity index (χ0n) is 19.2. The average Bonchev–Trinajstić information content (AvgIpc) is 3.55. The fourth-order valence-electron chi connectivity index (χ4n) is 5.39. The maximum absolute atomic E-state index is 14.6. The van der Waals surface area contributed by atoms with Crippen LogP contribution in [0.25, 0.3) is 0 Å². The molecule has 5 heteroatoms. The molecule has 1 aliphatic heterocycles. The molecular formula is C31H22FNO2S. The molecule has 0 radical (unpaired) electrons. The van der Waals surface area contributed by atoms with Crippen LogP contribution in [-0.4, -0.2) is 11.0 Å². The van der Waals surface area contributed by atoms with Crippen LogP contribution in [0.15, 0.2) is 126 Å². The van der Waals surface area contributed by atoms with Gasteiger partial charge in [-0.1, -0.05) is 91.0 Å². The van der Waals surface area contributed by atoms with Gasteiger partial charge >= 0.3 is 0 Å². The number of carbonyl (C=O) groups is 1. The van der Waals surface area contributed by atoms with Crippen LogP contribution in [0.2, 0.25) is 0 Å². The molecule has 0 bridgehead atoms. The first-order chi connectivity index (χ1) is 17.6. The van der Waals surface area contributed by atoms with E-state index in [4.69, 9.17) is 0 Å². The normalized spacial score (nSPS) is 17.3. The first-order valence-electron chi connectivity index (χ1n) is 11.6. The van der Waals surface area contributed by atoms with Crippen LogP contribution in [-0.2, 0) is 15.9 Å². The predicted molar refractivity (Wildman–Crippen MR) is 140 cm³/mol. The van der Waals surface area contributed by atoms with Crippen LogP contribution in [0, 0.1) is 5.82 Å². The third-order valence-electron chi connectivity index (χ3n) is 6.95. The minimum atomic E-state index is -2.03. The molecule has 2 heterocycles. The lowest BCUT2D eigenvalue weighted by atomic mass is 9.75. The summed E-state index contributed by atoms with van der Waals surface area (Å²) in [7, 11) is 0. The van der Waals surface area contributed by atoms with Gasteiger partial charge in [0.2, 0.25) is 0 Å². The number of hydrogen-bond donors (Lipinski definition) is 1. The van der Waals surface area contributed by atoms with Gasteiger partial charge in [-0.3, -0.25) is 9.69 Å². The monoisotopic (exact) mass is 491 g/mol. The first-order valence-corrected chi connectivity index (χ1v) is 12.6. The number of amides is 1. The van der Waals surface area contributed by atoms with Crippen LogP contribution >= 0.6 is 11.3 Å². The molecule has 36 heavy (non-hydrogen) atoms. The highest BCUT2D eigenvalue weighted by atomic mass is 32.1. The van der Waals surface area contributed by atoms with Crippen molar-refractivity contribution in [2.75, 3.05) is 4.90 Å². The summed E-state index contributed by atoms with van der Waals surface area (Å²) in [5.74, 6) is -1.04. The van der Waals surface area contributed by atoms with Crippen LogP contribution in [0.4, 0.5) is 10.1 Å². The van der Waals surface area contributed by atoms with Crippen molar-refractivity contribution in [1.82, 2.24) is 0 Å². The molecule has 0 saturated heterocycles. The lowest BCUT2D eigenvalue weighted by molar-refractivity contribution is -0.133. The highest BCUT2D eigenvalue weighted by molar-refractivity contribution is 7.08. The van der Waals surface area contributed by atoms with E-state index < -0.39 is 22.9 Å². The minimum Gasteiger partial charge on any atom is -0.372 e. The number of aliphatic hydroxyl groups is 1. The second kappa shape index (κ2) is 8.55. The molecule has 3 nitrogen and oxygen atoms in total. The average molecular weight is 492 g/mol. The summed E-state index contributed by atoms with van der Waals surface area (Å²) >= 11 is 1.38. The summed E-state index contributed by atoms with van der Waals surface area (Å²) < 4.78 is 14.6. The van der Waals surface area contributed by atoms with E-state index in [9.17, 15) is 14.3 Å². The van der Waals surface area contributed by atoms with Crippen molar-refractivity contribution in [1.29, 1.82) is 0 Å². The zero-order valence-corrected chi connectivity index (χ0v) is 20.0. The Morgan fingerprint density at radius 2 is 1.28 bits per heavy atom. The quantitative estimate of drug-likeness (QED) is 0.287. The Bertz CT molecular complexity index is 1420. The number of rotatable bonds is 5. The predicted octanol–water partition coefficient (Wildman–Crippen LogP) is 6.46. The summed E-state index contributed by atoms with van der Waals surface area (Å²) in [5.41, 5.74) is 0.510. The van der Waals surface area contributed by atoms with Gasteiger partial charge in [0.1, 0.15) is 11.4 Å². The number of nitrogens with zero attached hydrogens (tertiary/aromatic N) is 1. The molecule has 0 spiro atoms. The SMILES string of the molecule is O=C1N(C(c2ccccc2)(c2ccccc2)c2ccccc2)c2ccc(F)cc2[C@]1(O)c1ccsc1. The Morgan fingerprint density at radius 1 is 0.750 bits per heavy atom. The molecule has 0 unspecified atom stereocenters. The maximum Gasteiger partial charge on any atom is 0.269 e. The molecule has 0 aliphatic carbocycles. The van der Waals surface area contributed by atoms with Gasteiger partial charge in [-0.25, -0.2) is 4.39 Å².